The minimum Gasteiger partial charge on any atom is -0.507 e. The number of carbonyl (C=O) groups is 3. The summed E-state index contributed by atoms with van der Waals surface area (Å²) >= 11 is 1.02. The van der Waals surface area contributed by atoms with Crippen molar-refractivity contribution in [2.24, 2.45) is 7.05 Å². The Bertz CT molecular complexity index is 2090. The molecule has 5 aromatic rings. The molecule has 0 saturated carbocycles. The third-order valence-electron chi connectivity index (χ3n) is 8.76. The minimum atomic E-state index is -0.410. The highest BCUT2D eigenvalue weighted by molar-refractivity contribution is 8.15. The molecule has 1 aliphatic rings. The Morgan fingerprint density at radius 3 is 2.08 bits per heavy atom. The number of nitrogens with one attached hydrogen (secondary N) is 2. The molecular formula is C40H42N4O6S. The van der Waals surface area contributed by atoms with E-state index in [2.05, 4.69) is 10.6 Å². The summed E-state index contributed by atoms with van der Waals surface area (Å²) in [6.07, 6.45) is 0.469. The van der Waals surface area contributed by atoms with Crippen molar-refractivity contribution < 1.29 is 29.0 Å². The molecule has 3 N–H and O–H groups in total. The maximum atomic E-state index is 13.4. The molecule has 1 saturated heterocycles. The van der Waals surface area contributed by atoms with E-state index < -0.39 is 5.25 Å². The van der Waals surface area contributed by atoms with E-state index in [4.69, 9.17) is 14.5 Å². The van der Waals surface area contributed by atoms with Crippen molar-refractivity contribution in [2.75, 3.05) is 5.32 Å². The summed E-state index contributed by atoms with van der Waals surface area (Å²) in [7, 11) is 1.92. The standard InChI is InChI=1S/C40H42N4O6S/c1-39(2,3)29-19-24(20-30(35(29)45)40(4,5)6)36(46)41-25-10-14-27(15-11-25)50-28-16-17-31-32(21-28)44(7)34(42-31)22-49-26-12-8-23(9-13-26)18-33-37(47)43-38(48)51-33/h8-17,19-21,33,45H,18,22H2,1-7H3,(H,41,46)(H,43,47,48). The summed E-state index contributed by atoms with van der Waals surface area (Å²) in [5, 5.41) is 15.6. The Hall–Kier alpha value is -5.29. The number of aromatic hydroxyl groups is 1. The minimum absolute atomic E-state index is 0.234. The Balaban J connectivity index is 1.09. The normalized spacial score (nSPS) is 14.8. The average Bonchev–Trinajstić information content (AvgIpc) is 3.56. The van der Waals surface area contributed by atoms with Gasteiger partial charge in [0.05, 0.1) is 16.3 Å². The zero-order valence-electron chi connectivity index (χ0n) is 29.8. The summed E-state index contributed by atoms with van der Waals surface area (Å²) in [6, 6.07) is 23.9. The van der Waals surface area contributed by atoms with Gasteiger partial charge >= 0.3 is 0 Å². The van der Waals surface area contributed by atoms with Gasteiger partial charge in [0.2, 0.25) is 5.91 Å². The Morgan fingerprint density at radius 2 is 1.49 bits per heavy atom. The van der Waals surface area contributed by atoms with Crippen LogP contribution in [0.1, 0.15) is 74.4 Å². The second kappa shape index (κ2) is 13.8. The van der Waals surface area contributed by atoms with Gasteiger partial charge in [-0.1, -0.05) is 65.4 Å². The number of aryl methyl sites for hydroxylation is 1. The first-order valence-electron chi connectivity index (χ1n) is 16.7. The number of fused-ring (bicyclic) bond motifs is 1. The predicted molar refractivity (Wildman–Crippen MR) is 200 cm³/mol. The summed E-state index contributed by atoms with van der Waals surface area (Å²) in [5.74, 6) is 2.37. The first-order chi connectivity index (χ1) is 24.0. The monoisotopic (exact) mass is 706 g/mol. The second-order valence-electron chi connectivity index (χ2n) is 14.8. The SMILES string of the molecule is Cn1c(COc2ccc(CC3SC(=O)NC3=O)cc2)nc2ccc(Oc3ccc(NC(=O)c4cc(C(C)(C)C)c(O)c(C(C)(C)C)c4)cc3)cc21. The number of benzene rings is 4. The molecule has 51 heavy (non-hydrogen) atoms. The molecule has 0 bridgehead atoms. The highest BCUT2D eigenvalue weighted by atomic mass is 32.2. The number of nitrogens with zero attached hydrogens (tertiary/aromatic N) is 2. The second-order valence-corrected chi connectivity index (χ2v) is 15.9. The molecule has 6 rings (SSSR count). The molecule has 1 atom stereocenters. The first-order valence-corrected chi connectivity index (χ1v) is 17.6. The molecular weight excluding hydrogens is 665 g/mol. The van der Waals surface area contributed by atoms with Crippen molar-refractivity contribution in [3.05, 3.63) is 107 Å². The van der Waals surface area contributed by atoms with Crippen LogP contribution < -0.4 is 20.1 Å². The topological polar surface area (TPSA) is 132 Å². The van der Waals surface area contributed by atoms with Gasteiger partial charge in [-0.3, -0.25) is 19.7 Å². The highest BCUT2D eigenvalue weighted by Gasteiger charge is 2.31. The molecule has 1 aromatic heterocycles. The molecule has 1 aliphatic heterocycles. The van der Waals surface area contributed by atoms with E-state index in [0.717, 1.165) is 45.3 Å². The van der Waals surface area contributed by atoms with Crippen molar-refractivity contribution >= 4 is 45.5 Å². The van der Waals surface area contributed by atoms with Crippen molar-refractivity contribution in [3.63, 3.8) is 0 Å². The van der Waals surface area contributed by atoms with E-state index in [1.54, 1.807) is 36.4 Å². The number of aromatic nitrogens is 2. The van der Waals surface area contributed by atoms with Crippen LogP contribution in [-0.2, 0) is 35.7 Å². The summed E-state index contributed by atoms with van der Waals surface area (Å²) in [5.41, 5.74) is 4.50. The van der Waals surface area contributed by atoms with Crippen LogP contribution in [0.5, 0.6) is 23.0 Å². The van der Waals surface area contributed by atoms with Crippen LogP contribution in [0, 0.1) is 0 Å². The zero-order chi connectivity index (χ0) is 36.7. The van der Waals surface area contributed by atoms with Crippen molar-refractivity contribution in [1.82, 2.24) is 14.9 Å². The zero-order valence-corrected chi connectivity index (χ0v) is 30.6. The lowest BCUT2D eigenvalue weighted by Crippen LogP contribution is -2.25. The van der Waals surface area contributed by atoms with Gasteiger partial charge in [-0.15, -0.1) is 0 Å². The number of amides is 3. The fourth-order valence-electron chi connectivity index (χ4n) is 5.88. The third kappa shape index (κ3) is 8.04. The number of imide groups is 1. The van der Waals surface area contributed by atoms with Crippen LogP contribution >= 0.6 is 11.8 Å². The van der Waals surface area contributed by atoms with Crippen LogP contribution in [0.15, 0.2) is 78.9 Å². The maximum absolute atomic E-state index is 13.4. The predicted octanol–water partition coefficient (Wildman–Crippen LogP) is 8.39. The van der Waals surface area contributed by atoms with Crippen LogP contribution in [0.4, 0.5) is 10.5 Å². The van der Waals surface area contributed by atoms with E-state index in [9.17, 15) is 19.5 Å². The van der Waals surface area contributed by atoms with Crippen LogP contribution in [0.3, 0.4) is 0 Å². The first kappa shape index (κ1) is 35.5. The lowest BCUT2D eigenvalue weighted by molar-refractivity contribution is -0.118. The van der Waals surface area contributed by atoms with Crippen LogP contribution in [0.2, 0.25) is 0 Å². The Morgan fingerprint density at radius 1 is 0.882 bits per heavy atom. The molecule has 0 radical (unpaired) electrons. The molecule has 0 aliphatic carbocycles. The maximum Gasteiger partial charge on any atom is 0.286 e. The number of phenols is 1. The van der Waals surface area contributed by atoms with Crippen molar-refractivity contribution in [2.45, 2.75) is 70.7 Å². The van der Waals surface area contributed by atoms with Gasteiger partial charge in [0.25, 0.3) is 11.1 Å². The van der Waals surface area contributed by atoms with Gasteiger partial charge in [-0.25, -0.2) is 4.98 Å². The number of phenolic OH excluding ortho intramolecular Hbond substituents is 1. The molecule has 264 valence electrons. The van der Waals surface area contributed by atoms with Crippen LogP contribution in [-0.4, -0.2) is 37.0 Å². The number of hydrogen-bond donors (Lipinski definition) is 3. The van der Waals surface area contributed by atoms with Gasteiger partial charge in [0.1, 0.15) is 35.4 Å². The number of rotatable bonds is 9. The fourth-order valence-corrected chi connectivity index (χ4v) is 6.74. The van der Waals surface area contributed by atoms with Gasteiger partial charge < -0.3 is 24.5 Å². The summed E-state index contributed by atoms with van der Waals surface area (Å²) in [6.45, 7) is 12.4. The smallest absolute Gasteiger partial charge is 0.286 e. The lowest BCUT2D eigenvalue weighted by atomic mass is 9.78. The van der Waals surface area contributed by atoms with Gasteiger partial charge in [-0.2, -0.15) is 0 Å². The van der Waals surface area contributed by atoms with E-state index in [1.165, 1.54) is 0 Å². The molecule has 10 nitrogen and oxygen atoms in total. The number of ether oxygens (including phenoxy) is 2. The highest BCUT2D eigenvalue weighted by Crippen LogP contribution is 2.40. The molecule has 4 aromatic carbocycles. The van der Waals surface area contributed by atoms with Gasteiger partial charge in [-0.05, 0) is 83.5 Å². The molecule has 2 heterocycles. The van der Waals surface area contributed by atoms with E-state index in [0.29, 0.717) is 34.9 Å². The number of carbonyl (C=O) groups excluding carboxylic acids is 3. The van der Waals surface area contributed by atoms with Crippen molar-refractivity contribution in [3.8, 4) is 23.0 Å². The Kier molecular flexibility index (Phi) is 9.61. The molecule has 11 heteroatoms. The molecule has 0 spiro atoms. The molecule has 1 fully saturated rings. The fraction of sp³-hybridized carbons (Fsp3) is 0.300. The largest absolute Gasteiger partial charge is 0.507 e. The number of imidazole rings is 1. The summed E-state index contributed by atoms with van der Waals surface area (Å²) in [4.78, 5) is 41.4. The average molecular weight is 707 g/mol. The third-order valence-corrected chi connectivity index (χ3v) is 9.74. The quantitative estimate of drug-likeness (QED) is 0.139. The number of hydrogen-bond acceptors (Lipinski definition) is 8. The summed E-state index contributed by atoms with van der Waals surface area (Å²) < 4.78 is 14.1. The van der Waals surface area contributed by atoms with E-state index in [1.807, 2.05) is 95.6 Å². The van der Waals surface area contributed by atoms with E-state index in [-0.39, 0.29) is 40.2 Å². The van der Waals surface area contributed by atoms with Crippen LogP contribution in [0.25, 0.3) is 11.0 Å². The van der Waals surface area contributed by atoms with E-state index >= 15 is 0 Å². The Labute approximate surface area is 301 Å². The van der Waals surface area contributed by atoms with Crippen molar-refractivity contribution in [1.29, 1.82) is 0 Å². The lowest BCUT2D eigenvalue weighted by Gasteiger charge is -2.28. The molecule has 3 amide bonds. The number of anilines is 1. The van der Waals surface area contributed by atoms with Gasteiger partial charge in [0.15, 0.2) is 0 Å². The molecule has 1 unspecified atom stereocenters. The number of thioether (sulfide) groups is 1. The van der Waals surface area contributed by atoms with Gasteiger partial charge in [0, 0.05) is 35.5 Å².